The summed E-state index contributed by atoms with van der Waals surface area (Å²) < 4.78 is 16.2. The molecule has 1 amide bonds. The summed E-state index contributed by atoms with van der Waals surface area (Å²) in [5, 5.41) is 3.52. The number of benzene rings is 1. The van der Waals surface area contributed by atoms with Gasteiger partial charge in [0.05, 0.1) is 6.10 Å². The molecule has 1 aliphatic heterocycles. The number of hydrogen-bond donors (Lipinski definition) is 1. The Balaban J connectivity index is 1.75. The molecule has 2 aromatic rings. The summed E-state index contributed by atoms with van der Waals surface area (Å²) in [6.45, 7) is 5.83. The minimum absolute atomic E-state index is 0.0251. The fraction of sp³-hybridized carbons (Fsp3) is 0.474. The van der Waals surface area contributed by atoms with Crippen LogP contribution in [0.2, 0.25) is 0 Å². The van der Waals surface area contributed by atoms with Crippen LogP contribution in [-0.2, 0) is 4.74 Å². The normalized spacial score (nSPS) is 15.5. The Hall–Kier alpha value is -2.34. The van der Waals surface area contributed by atoms with Crippen LogP contribution in [0.1, 0.15) is 37.0 Å². The molecule has 0 atom stereocenters. The highest BCUT2D eigenvalue weighted by molar-refractivity contribution is 5.96. The third kappa shape index (κ3) is 4.39. The van der Waals surface area contributed by atoms with E-state index in [1.165, 1.54) is 0 Å². The number of fused-ring (bicyclic) bond motifs is 1. The van der Waals surface area contributed by atoms with Gasteiger partial charge in [0.15, 0.2) is 0 Å². The van der Waals surface area contributed by atoms with Crippen molar-refractivity contribution in [3.63, 3.8) is 0 Å². The van der Waals surface area contributed by atoms with Crippen LogP contribution in [-0.4, -0.2) is 31.8 Å². The Morgan fingerprint density at radius 3 is 2.76 bits per heavy atom. The maximum absolute atomic E-state index is 12.3. The van der Waals surface area contributed by atoms with E-state index < -0.39 is 11.5 Å². The molecule has 2 heterocycles. The van der Waals surface area contributed by atoms with E-state index in [0.717, 1.165) is 26.1 Å². The van der Waals surface area contributed by atoms with Crippen LogP contribution >= 0.6 is 0 Å². The second kappa shape index (κ2) is 7.70. The van der Waals surface area contributed by atoms with Gasteiger partial charge in [-0.25, -0.2) is 4.79 Å². The van der Waals surface area contributed by atoms with E-state index >= 15 is 0 Å². The lowest BCUT2D eigenvalue weighted by Crippen LogP contribution is -2.34. The molecule has 25 heavy (non-hydrogen) atoms. The van der Waals surface area contributed by atoms with Crippen LogP contribution in [0, 0.1) is 5.92 Å². The highest BCUT2D eigenvalue weighted by atomic mass is 16.5. The van der Waals surface area contributed by atoms with E-state index in [0.29, 0.717) is 29.2 Å². The van der Waals surface area contributed by atoms with Crippen LogP contribution < -0.4 is 15.7 Å². The molecule has 6 nitrogen and oxygen atoms in total. The third-order valence-corrected chi connectivity index (χ3v) is 4.22. The molecular formula is C19H23NO5. The zero-order chi connectivity index (χ0) is 17.8. The van der Waals surface area contributed by atoms with Crippen molar-refractivity contribution in [2.75, 3.05) is 19.8 Å². The van der Waals surface area contributed by atoms with Crippen molar-refractivity contribution in [1.29, 1.82) is 0 Å². The first-order valence-corrected chi connectivity index (χ1v) is 8.63. The molecule has 1 aromatic carbocycles. The second-order valence-electron chi connectivity index (χ2n) is 6.58. The highest BCUT2D eigenvalue weighted by Gasteiger charge is 2.18. The highest BCUT2D eigenvalue weighted by Crippen LogP contribution is 2.21. The lowest BCUT2D eigenvalue weighted by atomic mass is 10.0. The van der Waals surface area contributed by atoms with Gasteiger partial charge in [0, 0.05) is 31.2 Å². The van der Waals surface area contributed by atoms with Crippen LogP contribution in [0.15, 0.2) is 33.5 Å². The number of nitrogens with one attached hydrogen (secondary N) is 1. The summed E-state index contributed by atoms with van der Waals surface area (Å²) in [6, 6.07) is 6.82. The minimum Gasteiger partial charge on any atom is -0.491 e. The largest absolute Gasteiger partial charge is 0.491 e. The summed E-state index contributed by atoms with van der Waals surface area (Å²) in [5.41, 5.74) is -0.208. The van der Waals surface area contributed by atoms with Crippen molar-refractivity contribution in [3.8, 4) is 5.75 Å². The Kier molecular flexibility index (Phi) is 5.38. The number of ether oxygens (including phenoxy) is 2. The zero-order valence-electron chi connectivity index (χ0n) is 14.5. The molecule has 0 saturated carbocycles. The first kappa shape index (κ1) is 17.5. The number of carbonyl (C=O) groups excluding carboxylic acids is 1. The predicted molar refractivity (Wildman–Crippen MR) is 94.1 cm³/mol. The van der Waals surface area contributed by atoms with Gasteiger partial charge in [-0.15, -0.1) is 0 Å². The SMILES string of the molecule is CC(C)Oc1ccc2cc(C(=O)NCC3CCOCC3)c(=O)oc2c1. The molecule has 1 aliphatic rings. The van der Waals surface area contributed by atoms with Gasteiger partial charge in [0.1, 0.15) is 16.9 Å². The zero-order valence-corrected chi connectivity index (χ0v) is 14.5. The molecule has 0 radical (unpaired) electrons. The van der Waals surface area contributed by atoms with E-state index in [1.807, 2.05) is 13.8 Å². The quantitative estimate of drug-likeness (QED) is 0.843. The molecule has 3 rings (SSSR count). The van der Waals surface area contributed by atoms with E-state index in [-0.39, 0.29) is 11.7 Å². The molecule has 0 bridgehead atoms. The predicted octanol–water partition coefficient (Wildman–Crippen LogP) is 2.74. The van der Waals surface area contributed by atoms with Crippen molar-refractivity contribution in [3.05, 3.63) is 40.2 Å². The standard InChI is InChI=1S/C19H23NO5/c1-12(2)24-15-4-3-14-9-16(19(22)25-17(14)10-15)18(21)20-11-13-5-7-23-8-6-13/h3-4,9-10,12-13H,5-8,11H2,1-2H3,(H,20,21). The lowest BCUT2D eigenvalue weighted by molar-refractivity contribution is 0.0642. The van der Waals surface area contributed by atoms with Gasteiger partial charge < -0.3 is 19.2 Å². The summed E-state index contributed by atoms with van der Waals surface area (Å²) in [4.78, 5) is 24.5. The van der Waals surface area contributed by atoms with Gasteiger partial charge in [-0.2, -0.15) is 0 Å². The Bertz CT molecular complexity index is 805. The molecule has 0 unspecified atom stereocenters. The lowest BCUT2D eigenvalue weighted by Gasteiger charge is -2.22. The molecule has 134 valence electrons. The average molecular weight is 345 g/mol. The smallest absolute Gasteiger partial charge is 0.349 e. The fourth-order valence-corrected chi connectivity index (χ4v) is 2.88. The van der Waals surface area contributed by atoms with Crippen molar-refractivity contribution in [2.45, 2.75) is 32.8 Å². The van der Waals surface area contributed by atoms with Gasteiger partial charge in [-0.05, 0) is 50.8 Å². The molecule has 1 fully saturated rings. The van der Waals surface area contributed by atoms with Crippen molar-refractivity contribution >= 4 is 16.9 Å². The maximum atomic E-state index is 12.3. The molecule has 6 heteroatoms. The van der Waals surface area contributed by atoms with E-state index in [4.69, 9.17) is 13.9 Å². The summed E-state index contributed by atoms with van der Waals surface area (Å²) >= 11 is 0. The first-order valence-electron chi connectivity index (χ1n) is 8.63. The monoisotopic (exact) mass is 345 g/mol. The molecule has 1 aromatic heterocycles. The van der Waals surface area contributed by atoms with Crippen LogP contribution in [0.4, 0.5) is 0 Å². The molecule has 1 saturated heterocycles. The summed E-state index contributed by atoms with van der Waals surface area (Å²) in [7, 11) is 0. The Morgan fingerprint density at radius 2 is 2.04 bits per heavy atom. The van der Waals surface area contributed by atoms with Crippen molar-refractivity contribution in [2.24, 2.45) is 5.92 Å². The topological polar surface area (TPSA) is 77.8 Å². The van der Waals surface area contributed by atoms with Gasteiger partial charge >= 0.3 is 5.63 Å². The average Bonchev–Trinajstić information content (AvgIpc) is 2.59. The van der Waals surface area contributed by atoms with Crippen molar-refractivity contribution < 1.29 is 18.7 Å². The second-order valence-corrected chi connectivity index (χ2v) is 6.58. The number of amides is 1. The summed E-state index contributed by atoms with van der Waals surface area (Å²) in [6.07, 6.45) is 1.87. The van der Waals surface area contributed by atoms with E-state index in [9.17, 15) is 9.59 Å². The van der Waals surface area contributed by atoms with Gasteiger partial charge in [0.2, 0.25) is 0 Å². The molecule has 0 spiro atoms. The summed E-state index contributed by atoms with van der Waals surface area (Å²) in [5.74, 6) is 0.618. The molecular weight excluding hydrogens is 322 g/mol. The van der Waals surface area contributed by atoms with Crippen LogP contribution in [0.25, 0.3) is 11.0 Å². The van der Waals surface area contributed by atoms with Crippen molar-refractivity contribution in [1.82, 2.24) is 5.32 Å². The van der Waals surface area contributed by atoms with Gasteiger partial charge in [0.25, 0.3) is 5.91 Å². The number of rotatable bonds is 5. The number of carbonyl (C=O) groups is 1. The maximum Gasteiger partial charge on any atom is 0.349 e. The van der Waals surface area contributed by atoms with E-state index in [1.54, 1.807) is 24.3 Å². The fourth-order valence-electron chi connectivity index (χ4n) is 2.88. The first-order chi connectivity index (χ1) is 12.0. The Morgan fingerprint density at radius 1 is 1.28 bits per heavy atom. The van der Waals surface area contributed by atoms with Gasteiger partial charge in [-0.1, -0.05) is 0 Å². The van der Waals surface area contributed by atoms with Gasteiger partial charge in [-0.3, -0.25) is 4.79 Å². The van der Waals surface area contributed by atoms with E-state index in [2.05, 4.69) is 5.32 Å². The van der Waals surface area contributed by atoms with Crippen LogP contribution in [0.3, 0.4) is 0 Å². The molecule has 1 N–H and O–H groups in total. The van der Waals surface area contributed by atoms with Crippen LogP contribution in [0.5, 0.6) is 5.75 Å². The Labute approximate surface area is 146 Å². The third-order valence-electron chi connectivity index (χ3n) is 4.22. The minimum atomic E-state index is -0.640. The number of hydrogen-bond acceptors (Lipinski definition) is 5. The molecule has 0 aliphatic carbocycles.